The molecule has 0 saturated carbocycles. The Hall–Kier alpha value is -2.41. The van der Waals surface area contributed by atoms with Gasteiger partial charge in [0, 0.05) is 5.56 Å². The first-order valence-electron chi connectivity index (χ1n) is 5.42. The number of aromatic hydroxyl groups is 1. The highest BCUT2D eigenvalue weighted by atomic mass is 32.1. The molecule has 0 aliphatic rings. The van der Waals surface area contributed by atoms with Crippen molar-refractivity contribution in [3.8, 4) is 5.75 Å². The number of nitrogens with one attached hydrogen (secondary N) is 1. The molecule has 7 heteroatoms. The van der Waals surface area contributed by atoms with Crippen LogP contribution in [0, 0.1) is 6.92 Å². The fourth-order valence-electron chi connectivity index (χ4n) is 1.44. The van der Waals surface area contributed by atoms with Crippen molar-refractivity contribution in [2.75, 3.05) is 5.73 Å². The van der Waals surface area contributed by atoms with Crippen molar-refractivity contribution in [3.63, 3.8) is 0 Å². The first kappa shape index (κ1) is 13.0. The lowest BCUT2D eigenvalue weighted by Gasteiger charge is -1.98. The van der Waals surface area contributed by atoms with Crippen LogP contribution in [0.5, 0.6) is 5.75 Å². The number of rotatable bonds is 3. The number of benzene rings is 1. The van der Waals surface area contributed by atoms with E-state index >= 15 is 0 Å². The molecule has 1 amide bonds. The second-order valence-corrected chi connectivity index (χ2v) is 4.76. The summed E-state index contributed by atoms with van der Waals surface area (Å²) in [5.74, 6) is -0.280. The smallest absolute Gasteiger partial charge is 0.283 e. The normalized spacial score (nSPS) is 10.8. The molecule has 0 aliphatic carbocycles. The number of hydrogen-bond donors (Lipinski definition) is 3. The molecule has 1 heterocycles. The van der Waals surface area contributed by atoms with Crippen LogP contribution in [-0.4, -0.2) is 22.2 Å². The summed E-state index contributed by atoms with van der Waals surface area (Å²) in [5.41, 5.74) is 8.96. The van der Waals surface area contributed by atoms with Crippen LogP contribution >= 0.6 is 11.3 Å². The van der Waals surface area contributed by atoms with Crippen molar-refractivity contribution in [3.05, 3.63) is 40.4 Å². The Balaban J connectivity index is 2.05. The number of nitrogens with zero attached hydrogens (tertiary/aromatic N) is 2. The van der Waals surface area contributed by atoms with E-state index in [1.807, 2.05) is 0 Å². The summed E-state index contributed by atoms with van der Waals surface area (Å²) in [6.07, 6.45) is 1.37. The summed E-state index contributed by atoms with van der Waals surface area (Å²) < 4.78 is 0. The minimum Gasteiger partial charge on any atom is -0.507 e. The summed E-state index contributed by atoms with van der Waals surface area (Å²) in [4.78, 5) is 16.2. The van der Waals surface area contributed by atoms with Crippen LogP contribution in [0.25, 0.3) is 0 Å². The number of aromatic nitrogens is 1. The third-order valence-corrected chi connectivity index (χ3v) is 3.31. The van der Waals surface area contributed by atoms with Crippen molar-refractivity contribution in [2.24, 2.45) is 5.10 Å². The molecule has 0 unspecified atom stereocenters. The van der Waals surface area contributed by atoms with Gasteiger partial charge < -0.3 is 10.8 Å². The fraction of sp³-hybridized carbons (Fsp3) is 0.0833. The van der Waals surface area contributed by atoms with E-state index in [-0.39, 0.29) is 11.7 Å². The lowest BCUT2D eigenvalue weighted by atomic mass is 10.2. The second-order valence-electron chi connectivity index (χ2n) is 3.72. The third-order valence-electron chi connectivity index (χ3n) is 2.33. The van der Waals surface area contributed by atoms with Crippen molar-refractivity contribution in [2.45, 2.75) is 6.92 Å². The van der Waals surface area contributed by atoms with E-state index in [2.05, 4.69) is 15.5 Å². The molecule has 0 saturated heterocycles. The maximum atomic E-state index is 11.8. The van der Waals surface area contributed by atoms with Gasteiger partial charge in [-0.15, -0.1) is 0 Å². The SMILES string of the molecule is Cc1nc(N)sc1C(=O)N/N=C\c1ccccc1O. The van der Waals surface area contributed by atoms with Crippen LogP contribution in [0.3, 0.4) is 0 Å². The monoisotopic (exact) mass is 276 g/mol. The summed E-state index contributed by atoms with van der Waals surface area (Å²) >= 11 is 1.10. The van der Waals surface area contributed by atoms with Crippen molar-refractivity contribution in [1.29, 1.82) is 0 Å². The fourth-order valence-corrected chi connectivity index (χ4v) is 2.16. The molecule has 0 fully saturated rings. The van der Waals surface area contributed by atoms with Crippen molar-refractivity contribution < 1.29 is 9.90 Å². The maximum absolute atomic E-state index is 11.8. The largest absolute Gasteiger partial charge is 0.507 e. The zero-order chi connectivity index (χ0) is 13.8. The number of anilines is 1. The lowest BCUT2D eigenvalue weighted by Crippen LogP contribution is -2.17. The van der Waals surface area contributed by atoms with Crippen molar-refractivity contribution in [1.82, 2.24) is 10.4 Å². The van der Waals surface area contributed by atoms with Crippen LogP contribution < -0.4 is 11.2 Å². The molecule has 0 atom stereocenters. The molecule has 2 aromatic rings. The van der Waals surface area contributed by atoms with Gasteiger partial charge in [0.15, 0.2) is 5.13 Å². The van der Waals surface area contributed by atoms with Gasteiger partial charge >= 0.3 is 0 Å². The Morgan fingerprint density at radius 2 is 2.26 bits per heavy atom. The Morgan fingerprint density at radius 3 is 2.89 bits per heavy atom. The number of phenols is 1. The number of nitrogens with two attached hydrogens (primary N) is 1. The number of nitrogen functional groups attached to an aromatic ring is 1. The predicted octanol–water partition coefficient (Wildman–Crippen LogP) is 1.50. The summed E-state index contributed by atoms with van der Waals surface area (Å²) in [6, 6.07) is 6.68. The van der Waals surface area contributed by atoms with Crippen molar-refractivity contribution >= 4 is 28.6 Å². The highest BCUT2D eigenvalue weighted by molar-refractivity contribution is 7.17. The van der Waals surface area contributed by atoms with Gasteiger partial charge in [-0.3, -0.25) is 4.79 Å². The number of thiazole rings is 1. The summed E-state index contributed by atoms with van der Waals surface area (Å²) in [6.45, 7) is 1.70. The molecule has 2 rings (SSSR count). The molecule has 0 bridgehead atoms. The molecule has 19 heavy (non-hydrogen) atoms. The minimum absolute atomic E-state index is 0.0960. The minimum atomic E-state index is -0.377. The summed E-state index contributed by atoms with van der Waals surface area (Å²) in [5, 5.41) is 13.6. The third kappa shape index (κ3) is 3.08. The molecular weight excluding hydrogens is 264 g/mol. The number of carbonyl (C=O) groups excluding carboxylic acids is 1. The van der Waals surface area contributed by atoms with Crippen LogP contribution in [0.2, 0.25) is 0 Å². The van der Waals surface area contributed by atoms with Crippen LogP contribution in [0.15, 0.2) is 29.4 Å². The van der Waals surface area contributed by atoms with E-state index in [9.17, 15) is 9.90 Å². The van der Waals surface area contributed by atoms with Gasteiger partial charge in [-0.25, -0.2) is 10.4 Å². The Labute approximate surface area is 113 Å². The molecular formula is C12H12N4O2S. The molecule has 6 nitrogen and oxygen atoms in total. The number of para-hydroxylation sites is 1. The van der Waals surface area contributed by atoms with Gasteiger partial charge in [-0.1, -0.05) is 23.5 Å². The maximum Gasteiger partial charge on any atom is 0.283 e. The summed E-state index contributed by atoms with van der Waals surface area (Å²) in [7, 11) is 0. The van der Waals surface area contributed by atoms with Gasteiger partial charge in [-0.05, 0) is 19.1 Å². The lowest BCUT2D eigenvalue weighted by molar-refractivity contribution is 0.0958. The van der Waals surface area contributed by atoms with E-state index in [0.717, 1.165) is 11.3 Å². The van der Waals surface area contributed by atoms with E-state index in [1.54, 1.807) is 25.1 Å². The zero-order valence-corrected chi connectivity index (χ0v) is 10.9. The van der Waals surface area contributed by atoms with E-state index in [1.165, 1.54) is 12.3 Å². The molecule has 0 spiro atoms. The van der Waals surface area contributed by atoms with Gasteiger partial charge in [0.25, 0.3) is 5.91 Å². The first-order chi connectivity index (χ1) is 9.08. The highest BCUT2D eigenvalue weighted by Crippen LogP contribution is 2.19. The number of hydrogen-bond acceptors (Lipinski definition) is 6. The van der Waals surface area contributed by atoms with Gasteiger partial charge in [0.05, 0.1) is 11.9 Å². The number of carbonyl (C=O) groups is 1. The molecule has 0 radical (unpaired) electrons. The number of hydrazone groups is 1. The average molecular weight is 276 g/mol. The topological polar surface area (TPSA) is 101 Å². The molecule has 1 aromatic carbocycles. The highest BCUT2D eigenvalue weighted by Gasteiger charge is 2.13. The zero-order valence-electron chi connectivity index (χ0n) is 10.1. The first-order valence-corrected chi connectivity index (χ1v) is 6.24. The average Bonchev–Trinajstić information content (AvgIpc) is 2.71. The molecule has 98 valence electrons. The number of amides is 1. The molecule has 1 aromatic heterocycles. The quantitative estimate of drug-likeness (QED) is 0.584. The Bertz CT molecular complexity index is 636. The van der Waals surface area contributed by atoms with E-state index in [0.29, 0.717) is 21.3 Å². The van der Waals surface area contributed by atoms with Crippen LogP contribution in [0.1, 0.15) is 20.9 Å². The number of phenolic OH excluding ortho intramolecular Hbond substituents is 1. The van der Waals surface area contributed by atoms with E-state index < -0.39 is 0 Å². The number of aryl methyl sites for hydroxylation is 1. The second kappa shape index (κ2) is 5.49. The molecule has 0 aliphatic heterocycles. The Morgan fingerprint density at radius 1 is 1.53 bits per heavy atom. The predicted molar refractivity (Wildman–Crippen MR) is 74.4 cm³/mol. The van der Waals surface area contributed by atoms with Crippen LogP contribution in [-0.2, 0) is 0 Å². The van der Waals surface area contributed by atoms with Crippen LogP contribution in [0.4, 0.5) is 5.13 Å². The van der Waals surface area contributed by atoms with Gasteiger partial charge in [0.1, 0.15) is 10.6 Å². The Kier molecular flexibility index (Phi) is 3.76. The van der Waals surface area contributed by atoms with E-state index in [4.69, 9.17) is 5.73 Å². The molecule has 4 N–H and O–H groups in total. The van der Waals surface area contributed by atoms with Gasteiger partial charge in [-0.2, -0.15) is 5.10 Å². The van der Waals surface area contributed by atoms with Gasteiger partial charge in [0.2, 0.25) is 0 Å². The standard InChI is InChI=1S/C12H12N4O2S/c1-7-10(19-12(13)15-7)11(18)16-14-6-8-4-2-3-5-9(8)17/h2-6,17H,1H3,(H2,13,15)(H,16,18)/b14-6-.